The zero-order chi connectivity index (χ0) is 7.61. The average Bonchev–Trinajstić information content (AvgIpc) is 2.12. The Labute approximate surface area is 65.3 Å². The van der Waals surface area contributed by atoms with E-state index in [2.05, 4.69) is 11.8 Å². The number of hydrogen-bond acceptors (Lipinski definition) is 2. The molecule has 0 spiro atoms. The van der Waals surface area contributed by atoms with Crippen molar-refractivity contribution in [1.29, 1.82) is 0 Å². The van der Waals surface area contributed by atoms with Gasteiger partial charge in [-0.3, -0.25) is 0 Å². The fraction of sp³-hybridized carbons (Fsp3) is 1.00. The first-order chi connectivity index (χ1) is 4.58. The normalized spacial score (nSPS) is 21.8. The molecule has 1 saturated carbocycles. The van der Waals surface area contributed by atoms with Crippen LogP contribution in [0, 0.1) is 0 Å². The largest absolute Gasteiger partial charge is 0.325 e. The molecule has 3 nitrogen and oxygen atoms in total. The van der Waals surface area contributed by atoms with Gasteiger partial charge in [-0.15, -0.1) is 0 Å². The molecule has 60 valence electrons. The van der Waals surface area contributed by atoms with Crippen LogP contribution in [0.5, 0.6) is 0 Å². The molecular formula is C5H11O3PS. The second-order valence-corrected chi connectivity index (χ2v) is 5.12. The predicted molar refractivity (Wildman–Crippen MR) is 42.1 cm³/mol. The summed E-state index contributed by atoms with van der Waals surface area (Å²) in [7, 11) is 0. The minimum Gasteiger partial charge on any atom is -0.325 e. The molecule has 0 unspecified atom stereocenters. The van der Waals surface area contributed by atoms with E-state index in [1.54, 1.807) is 0 Å². The minimum absolute atomic E-state index is 0.000772. The van der Waals surface area contributed by atoms with E-state index in [0.717, 1.165) is 25.7 Å². The van der Waals surface area contributed by atoms with Gasteiger partial charge < -0.3 is 14.3 Å². The molecule has 0 bridgehead atoms. The van der Waals surface area contributed by atoms with Crippen LogP contribution in [0.4, 0.5) is 0 Å². The van der Waals surface area contributed by atoms with Gasteiger partial charge in [0.2, 0.25) is 0 Å². The van der Waals surface area contributed by atoms with Crippen LogP contribution in [0.1, 0.15) is 25.7 Å². The van der Waals surface area contributed by atoms with Crippen molar-refractivity contribution in [1.82, 2.24) is 0 Å². The summed E-state index contributed by atoms with van der Waals surface area (Å²) in [6, 6.07) is 0. The first kappa shape index (κ1) is 8.62. The molecule has 1 aliphatic carbocycles. The fourth-order valence-electron chi connectivity index (χ4n) is 1.19. The molecule has 0 heterocycles. The van der Waals surface area contributed by atoms with Crippen LogP contribution in [0.2, 0.25) is 0 Å². The Hall–Kier alpha value is 0.530. The molecule has 2 N–H and O–H groups in total. The van der Waals surface area contributed by atoms with Crippen LogP contribution in [0.3, 0.4) is 0 Å². The van der Waals surface area contributed by atoms with Crippen molar-refractivity contribution in [2.45, 2.75) is 31.8 Å². The first-order valence-electron chi connectivity index (χ1n) is 3.32. The second-order valence-electron chi connectivity index (χ2n) is 2.50. The Morgan fingerprint density at radius 3 is 2.20 bits per heavy atom. The lowest BCUT2D eigenvalue weighted by Crippen LogP contribution is -2.04. The van der Waals surface area contributed by atoms with Gasteiger partial charge in [-0.1, -0.05) is 12.8 Å². The lowest BCUT2D eigenvalue weighted by Gasteiger charge is -2.13. The van der Waals surface area contributed by atoms with Crippen molar-refractivity contribution in [3.63, 3.8) is 0 Å². The summed E-state index contributed by atoms with van der Waals surface area (Å²) in [5.74, 6) is 0. The summed E-state index contributed by atoms with van der Waals surface area (Å²) in [5, 5.41) is 0. The molecule has 0 aromatic heterocycles. The van der Waals surface area contributed by atoms with Crippen LogP contribution in [-0.2, 0) is 16.3 Å². The molecule has 1 rings (SSSR count). The van der Waals surface area contributed by atoms with E-state index >= 15 is 0 Å². The number of hydrogen-bond donors (Lipinski definition) is 2. The standard InChI is InChI=1S/C5H11O3PS/c6-9(7,10)8-5-3-1-2-4-5/h5H,1-4H2,(H2,6,7,10). The second kappa shape index (κ2) is 3.28. The molecule has 0 atom stereocenters. The highest BCUT2D eigenvalue weighted by Crippen LogP contribution is 2.41. The van der Waals surface area contributed by atoms with Crippen LogP contribution >= 0.6 is 6.72 Å². The summed E-state index contributed by atoms with van der Waals surface area (Å²) in [5.41, 5.74) is 0. The van der Waals surface area contributed by atoms with E-state index in [4.69, 9.17) is 14.3 Å². The first-order valence-corrected chi connectivity index (χ1v) is 5.94. The monoisotopic (exact) mass is 182 g/mol. The highest BCUT2D eigenvalue weighted by molar-refractivity contribution is 8.06. The summed E-state index contributed by atoms with van der Waals surface area (Å²) >= 11 is 4.32. The van der Waals surface area contributed by atoms with E-state index in [-0.39, 0.29) is 6.10 Å². The molecule has 0 aromatic rings. The van der Waals surface area contributed by atoms with Crippen LogP contribution in [0.15, 0.2) is 0 Å². The summed E-state index contributed by atoms with van der Waals surface area (Å²) in [4.78, 5) is 17.5. The van der Waals surface area contributed by atoms with Crippen molar-refractivity contribution in [2.24, 2.45) is 0 Å². The highest BCUT2D eigenvalue weighted by atomic mass is 32.5. The molecule has 0 saturated heterocycles. The molecule has 5 heteroatoms. The van der Waals surface area contributed by atoms with E-state index in [1.165, 1.54) is 0 Å². The van der Waals surface area contributed by atoms with Gasteiger partial charge in [-0.05, 0) is 24.6 Å². The van der Waals surface area contributed by atoms with E-state index in [1.807, 2.05) is 0 Å². The summed E-state index contributed by atoms with van der Waals surface area (Å²) in [6.45, 7) is -3.38. The van der Waals surface area contributed by atoms with Gasteiger partial charge in [0.15, 0.2) is 0 Å². The SMILES string of the molecule is OP(O)(=S)OC1CCCC1. The maximum atomic E-state index is 8.74. The molecule has 0 amide bonds. The molecule has 0 aliphatic heterocycles. The van der Waals surface area contributed by atoms with Crippen molar-refractivity contribution in [3.8, 4) is 0 Å². The Balaban J connectivity index is 2.31. The van der Waals surface area contributed by atoms with E-state index < -0.39 is 6.72 Å². The van der Waals surface area contributed by atoms with Crippen molar-refractivity contribution in [2.75, 3.05) is 0 Å². The van der Waals surface area contributed by atoms with Crippen molar-refractivity contribution < 1.29 is 14.3 Å². The zero-order valence-electron chi connectivity index (χ0n) is 5.56. The van der Waals surface area contributed by atoms with E-state index in [9.17, 15) is 0 Å². The predicted octanol–water partition coefficient (Wildman–Crippen LogP) is 1.15. The van der Waals surface area contributed by atoms with E-state index in [0.29, 0.717) is 0 Å². The van der Waals surface area contributed by atoms with Crippen LogP contribution in [0.25, 0.3) is 0 Å². The Morgan fingerprint density at radius 2 is 1.80 bits per heavy atom. The van der Waals surface area contributed by atoms with Crippen molar-refractivity contribution in [3.05, 3.63) is 0 Å². The van der Waals surface area contributed by atoms with Gasteiger partial charge in [0.1, 0.15) is 0 Å². The van der Waals surface area contributed by atoms with Gasteiger partial charge in [0.05, 0.1) is 6.10 Å². The molecule has 0 aromatic carbocycles. The average molecular weight is 182 g/mol. The lowest BCUT2D eigenvalue weighted by molar-refractivity contribution is 0.174. The Kier molecular flexibility index (Phi) is 2.83. The highest BCUT2D eigenvalue weighted by Gasteiger charge is 2.21. The molecule has 1 aliphatic rings. The van der Waals surface area contributed by atoms with Gasteiger partial charge in [-0.25, -0.2) is 0 Å². The third kappa shape index (κ3) is 3.08. The maximum Gasteiger partial charge on any atom is 0.322 e. The fourth-order valence-corrected chi connectivity index (χ4v) is 2.15. The zero-order valence-corrected chi connectivity index (χ0v) is 7.27. The molecule has 1 fully saturated rings. The molecule has 0 radical (unpaired) electrons. The molecule has 10 heavy (non-hydrogen) atoms. The van der Waals surface area contributed by atoms with Gasteiger partial charge in [0, 0.05) is 0 Å². The van der Waals surface area contributed by atoms with Gasteiger partial charge in [0.25, 0.3) is 0 Å². The minimum atomic E-state index is -3.38. The smallest absolute Gasteiger partial charge is 0.322 e. The maximum absolute atomic E-state index is 8.74. The quantitative estimate of drug-likeness (QED) is 0.629. The topological polar surface area (TPSA) is 49.7 Å². The third-order valence-electron chi connectivity index (χ3n) is 1.59. The Morgan fingerprint density at radius 1 is 1.30 bits per heavy atom. The van der Waals surface area contributed by atoms with Crippen LogP contribution in [-0.4, -0.2) is 15.9 Å². The van der Waals surface area contributed by atoms with Crippen molar-refractivity contribution >= 4 is 18.5 Å². The number of rotatable bonds is 2. The van der Waals surface area contributed by atoms with Crippen LogP contribution < -0.4 is 0 Å². The lowest BCUT2D eigenvalue weighted by atomic mass is 10.3. The van der Waals surface area contributed by atoms with Gasteiger partial charge in [-0.2, -0.15) is 0 Å². The molecular weight excluding hydrogens is 171 g/mol. The summed E-state index contributed by atoms with van der Waals surface area (Å²) in [6.07, 6.45) is 4.06. The Bertz CT molecular complexity index is 149. The van der Waals surface area contributed by atoms with Gasteiger partial charge >= 0.3 is 6.72 Å². The summed E-state index contributed by atoms with van der Waals surface area (Å²) < 4.78 is 4.84. The third-order valence-corrected chi connectivity index (χ3v) is 2.42.